The quantitative estimate of drug-likeness (QED) is 0.129. The molecule has 1 fully saturated rings. The highest BCUT2D eigenvalue weighted by Crippen LogP contribution is 2.43. The molecule has 4 unspecified atom stereocenters. The van der Waals surface area contributed by atoms with Gasteiger partial charge in [-0.3, -0.25) is 0 Å². The van der Waals surface area contributed by atoms with Crippen molar-refractivity contribution in [1.29, 1.82) is 0 Å². The van der Waals surface area contributed by atoms with Gasteiger partial charge < -0.3 is 30.0 Å². The molecule has 0 bridgehead atoms. The molecule has 0 radical (unpaired) electrons. The summed E-state index contributed by atoms with van der Waals surface area (Å²) in [5.74, 6) is 2.17. The van der Waals surface area contributed by atoms with E-state index in [4.69, 9.17) is 14.2 Å². The van der Waals surface area contributed by atoms with E-state index in [1.807, 2.05) is 85.8 Å². The summed E-state index contributed by atoms with van der Waals surface area (Å²) in [5, 5.41) is 24.6. The number of carbonyl (C=O) groups excluding carboxylic acids is 1. The van der Waals surface area contributed by atoms with Gasteiger partial charge in [-0.1, -0.05) is 84.6 Å². The molecule has 11 heteroatoms. The van der Waals surface area contributed by atoms with Crippen molar-refractivity contribution in [2.24, 2.45) is 5.92 Å². The number of hydrogen-bond acceptors (Lipinski definition) is 9. The van der Waals surface area contributed by atoms with Crippen molar-refractivity contribution >= 4 is 40.5 Å². The number of nitrogens with zero attached hydrogens (tertiary/aromatic N) is 2. The van der Waals surface area contributed by atoms with Gasteiger partial charge in [0.1, 0.15) is 16.5 Å². The van der Waals surface area contributed by atoms with Crippen molar-refractivity contribution in [3.63, 3.8) is 0 Å². The monoisotopic (exact) mass is 654 g/mol. The lowest BCUT2D eigenvalue weighted by Gasteiger charge is -2.41. The van der Waals surface area contributed by atoms with Gasteiger partial charge in [-0.25, -0.2) is 4.79 Å². The first kappa shape index (κ1) is 31.7. The highest BCUT2D eigenvalue weighted by atomic mass is 32.2. The molecule has 2 heterocycles. The summed E-state index contributed by atoms with van der Waals surface area (Å²) in [6.45, 7) is 4.06. The predicted octanol–water partition coefficient (Wildman–Crippen LogP) is 8.36. The minimum Gasteiger partial charge on any atom is -0.457 e. The second kappa shape index (κ2) is 14.9. The number of aliphatic hydroxyl groups excluding tert-OH is 1. The molecule has 3 N–H and O–H groups in total. The SMILES string of the molecule is Cc1nnc(SCC2OC(c3ccc(NC(=O)Nc4ccc(Oc5ccccc5)cc4)cc3)OC(c3ccc(CO)cc3)C2C)s1. The Morgan fingerprint density at radius 3 is 2.11 bits per heavy atom. The number of aryl methyl sites for hydroxylation is 1. The molecule has 0 aliphatic carbocycles. The van der Waals surface area contributed by atoms with Gasteiger partial charge in [0.25, 0.3) is 0 Å². The zero-order valence-corrected chi connectivity index (χ0v) is 27.0. The van der Waals surface area contributed by atoms with Gasteiger partial charge in [-0.2, -0.15) is 0 Å². The van der Waals surface area contributed by atoms with Crippen LogP contribution in [0, 0.1) is 12.8 Å². The number of para-hydroxylation sites is 1. The number of aromatic nitrogens is 2. The summed E-state index contributed by atoms with van der Waals surface area (Å²) < 4.78 is 19.8. The van der Waals surface area contributed by atoms with E-state index < -0.39 is 6.29 Å². The normalized spacial score (nSPS) is 19.4. The topological polar surface area (TPSA) is 115 Å². The van der Waals surface area contributed by atoms with Crippen molar-refractivity contribution in [1.82, 2.24) is 10.2 Å². The number of carbonyl (C=O) groups is 1. The summed E-state index contributed by atoms with van der Waals surface area (Å²) >= 11 is 3.20. The van der Waals surface area contributed by atoms with Crippen molar-refractivity contribution < 1.29 is 24.1 Å². The van der Waals surface area contributed by atoms with Crippen molar-refractivity contribution in [2.75, 3.05) is 16.4 Å². The van der Waals surface area contributed by atoms with Crippen molar-refractivity contribution in [3.05, 3.63) is 125 Å². The molecule has 4 atom stereocenters. The largest absolute Gasteiger partial charge is 0.457 e. The van der Waals surface area contributed by atoms with E-state index in [2.05, 4.69) is 27.8 Å². The molecule has 4 aromatic carbocycles. The molecule has 0 spiro atoms. The maximum Gasteiger partial charge on any atom is 0.323 e. The maximum absolute atomic E-state index is 12.7. The van der Waals surface area contributed by atoms with Crippen molar-refractivity contribution in [3.8, 4) is 11.5 Å². The van der Waals surface area contributed by atoms with Crippen LogP contribution in [0.2, 0.25) is 0 Å². The number of anilines is 2. The van der Waals surface area contributed by atoms with Crippen LogP contribution in [-0.2, 0) is 16.1 Å². The lowest BCUT2D eigenvalue weighted by Crippen LogP contribution is -2.38. The molecule has 9 nitrogen and oxygen atoms in total. The number of ether oxygens (including phenoxy) is 3. The molecule has 1 aromatic heterocycles. The molecule has 46 heavy (non-hydrogen) atoms. The number of urea groups is 1. The maximum atomic E-state index is 12.7. The van der Waals surface area contributed by atoms with Gasteiger partial charge in [-0.15, -0.1) is 10.2 Å². The average Bonchev–Trinajstić information content (AvgIpc) is 3.51. The first-order valence-corrected chi connectivity index (χ1v) is 16.7. The van der Waals surface area contributed by atoms with Crippen LogP contribution in [-0.4, -0.2) is 33.2 Å². The molecule has 6 rings (SSSR count). The third-order valence-corrected chi connectivity index (χ3v) is 9.59. The molecule has 236 valence electrons. The van der Waals surface area contributed by atoms with Crippen LogP contribution in [0.15, 0.2) is 107 Å². The standard InChI is InChI=1S/C35H34N4O5S2/c1-22-31(21-45-35-39-38-23(2)46-35)43-33(44-32(22)25-10-8-24(20-40)9-11-25)26-12-14-27(15-13-26)36-34(41)37-28-16-18-30(19-17-28)42-29-6-4-3-5-7-29/h3-19,22,31-33,40H,20-21H2,1-2H3,(H2,36,37,41). The number of hydrogen-bond donors (Lipinski definition) is 3. The van der Waals surface area contributed by atoms with Gasteiger partial charge in [0.15, 0.2) is 10.6 Å². The van der Waals surface area contributed by atoms with E-state index in [0.717, 1.165) is 31.8 Å². The molecule has 1 saturated heterocycles. The Bertz CT molecular complexity index is 1720. The molecular formula is C35H34N4O5S2. The Hall–Kier alpha value is -4.26. The highest BCUT2D eigenvalue weighted by molar-refractivity contribution is 8.01. The summed E-state index contributed by atoms with van der Waals surface area (Å²) in [4.78, 5) is 12.7. The minimum absolute atomic E-state index is 0.0119. The van der Waals surface area contributed by atoms with Crippen LogP contribution in [0.4, 0.5) is 16.2 Å². The Kier molecular flexibility index (Phi) is 10.3. The fraction of sp³-hybridized carbons (Fsp3) is 0.229. The molecule has 1 aliphatic rings. The van der Waals surface area contributed by atoms with Crippen LogP contribution < -0.4 is 15.4 Å². The summed E-state index contributed by atoms with van der Waals surface area (Å²) in [6, 6.07) is 31.6. The van der Waals surface area contributed by atoms with E-state index in [9.17, 15) is 9.90 Å². The predicted molar refractivity (Wildman–Crippen MR) is 180 cm³/mol. The Balaban J connectivity index is 1.10. The van der Waals surface area contributed by atoms with Gasteiger partial charge in [-0.05, 0) is 66.6 Å². The lowest BCUT2D eigenvalue weighted by atomic mass is 9.91. The summed E-state index contributed by atoms with van der Waals surface area (Å²) in [6.07, 6.45) is -0.954. The summed E-state index contributed by atoms with van der Waals surface area (Å²) in [5.41, 5.74) is 3.97. The van der Waals surface area contributed by atoms with Gasteiger partial charge >= 0.3 is 6.03 Å². The van der Waals surface area contributed by atoms with E-state index >= 15 is 0 Å². The highest BCUT2D eigenvalue weighted by Gasteiger charge is 2.38. The van der Waals surface area contributed by atoms with E-state index in [1.165, 1.54) is 0 Å². The fourth-order valence-electron chi connectivity index (χ4n) is 5.05. The number of amides is 2. The molecular weight excluding hydrogens is 621 g/mol. The zero-order chi connectivity index (χ0) is 31.9. The van der Waals surface area contributed by atoms with Crippen LogP contribution >= 0.6 is 23.1 Å². The first-order chi connectivity index (χ1) is 22.4. The molecule has 1 aliphatic heterocycles. The fourth-order valence-corrected chi connectivity index (χ4v) is 7.05. The molecule has 2 amide bonds. The number of thioether (sulfide) groups is 1. The van der Waals surface area contributed by atoms with Gasteiger partial charge in [0.2, 0.25) is 0 Å². The third kappa shape index (κ3) is 8.11. The minimum atomic E-state index is -0.611. The Labute approximate surface area is 276 Å². The van der Waals surface area contributed by atoms with Crippen LogP contribution in [0.5, 0.6) is 11.5 Å². The number of rotatable bonds is 10. The van der Waals surface area contributed by atoms with E-state index in [0.29, 0.717) is 22.9 Å². The second-order valence-corrected chi connectivity index (χ2v) is 13.3. The average molecular weight is 655 g/mol. The lowest BCUT2D eigenvalue weighted by molar-refractivity contribution is -0.268. The number of aliphatic hydroxyl groups is 1. The van der Waals surface area contributed by atoms with E-state index in [-0.39, 0.29) is 30.8 Å². The number of nitrogens with one attached hydrogen (secondary N) is 2. The number of benzene rings is 4. The van der Waals surface area contributed by atoms with Crippen molar-refractivity contribution in [2.45, 2.75) is 43.3 Å². The second-order valence-electron chi connectivity index (χ2n) is 10.9. The van der Waals surface area contributed by atoms with Crippen LogP contribution in [0.3, 0.4) is 0 Å². The van der Waals surface area contributed by atoms with Crippen LogP contribution in [0.25, 0.3) is 0 Å². The van der Waals surface area contributed by atoms with Gasteiger partial charge in [0, 0.05) is 28.6 Å². The zero-order valence-electron chi connectivity index (χ0n) is 25.3. The van der Waals surface area contributed by atoms with Gasteiger partial charge in [0.05, 0.1) is 18.8 Å². The molecule has 5 aromatic rings. The molecule has 0 saturated carbocycles. The van der Waals surface area contributed by atoms with Crippen LogP contribution in [0.1, 0.15) is 41.0 Å². The third-order valence-electron chi connectivity index (χ3n) is 7.53. The van der Waals surface area contributed by atoms with E-state index in [1.54, 1.807) is 47.4 Å². The Morgan fingerprint density at radius 2 is 1.48 bits per heavy atom. The Morgan fingerprint density at radius 1 is 0.848 bits per heavy atom. The first-order valence-electron chi connectivity index (χ1n) is 14.9. The summed E-state index contributed by atoms with van der Waals surface area (Å²) in [7, 11) is 0. The smallest absolute Gasteiger partial charge is 0.323 e.